The summed E-state index contributed by atoms with van der Waals surface area (Å²) >= 11 is 12.5. The van der Waals surface area contributed by atoms with E-state index in [0.717, 1.165) is 67.2 Å². The second-order valence-corrected chi connectivity index (χ2v) is 8.18. The van der Waals surface area contributed by atoms with E-state index in [1.165, 1.54) is 0 Å². The third kappa shape index (κ3) is 3.95. The SMILES string of the molecule is Cc1c(CCN2CCOCC2)c2cc(O[11CH3])ccc2n1C(=O)c1cccc(Cl)c1Cl. The Bertz CT molecular complexity index is 1090. The largest absolute Gasteiger partial charge is 0.497 e. The van der Waals surface area contributed by atoms with Gasteiger partial charge in [0, 0.05) is 30.7 Å². The molecule has 30 heavy (non-hydrogen) atoms. The van der Waals surface area contributed by atoms with E-state index in [1.807, 2.05) is 25.1 Å². The van der Waals surface area contributed by atoms with Crippen LogP contribution in [0.2, 0.25) is 10.0 Å². The smallest absolute Gasteiger partial charge is 0.264 e. The standard InChI is InChI=1S/C23H24Cl2N2O3/c1-15-17(8-9-26-10-12-30-13-11-26)19-14-16(29-2)6-7-21(19)27(15)23(28)18-4-3-5-20(24)22(18)25/h3-7,14H,8-13H2,1-2H3/i2-1. The average molecular weight is 446 g/mol. The molecule has 1 fully saturated rings. The lowest BCUT2D eigenvalue weighted by molar-refractivity contribution is 0.0384. The van der Waals surface area contributed by atoms with Gasteiger partial charge in [-0.05, 0) is 49.2 Å². The maximum Gasteiger partial charge on any atom is 0.264 e. The van der Waals surface area contributed by atoms with Crippen LogP contribution >= 0.6 is 23.2 Å². The van der Waals surface area contributed by atoms with Gasteiger partial charge in [0.25, 0.3) is 5.91 Å². The van der Waals surface area contributed by atoms with Crippen LogP contribution in [0.25, 0.3) is 10.9 Å². The zero-order valence-corrected chi connectivity index (χ0v) is 18.6. The number of ether oxygens (including phenoxy) is 2. The van der Waals surface area contributed by atoms with Crippen molar-refractivity contribution in [3.05, 3.63) is 63.3 Å². The van der Waals surface area contributed by atoms with Crippen molar-refractivity contribution in [3.8, 4) is 5.75 Å². The van der Waals surface area contributed by atoms with E-state index in [9.17, 15) is 4.79 Å². The Balaban J connectivity index is 1.78. The lowest BCUT2D eigenvalue weighted by Crippen LogP contribution is -2.37. The van der Waals surface area contributed by atoms with Crippen molar-refractivity contribution < 1.29 is 14.3 Å². The van der Waals surface area contributed by atoms with Crippen molar-refractivity contribution in [3.63, 3.8) is 0 Å². The molecule has 1 aromatic heterocycles. The molecule has 1 aliphatic heterocycles. The predicted octanol–water partition coefficient (Wildman–Crippen LogP) is 4.83. The van der Waals surface area contributed by atoms with Gasteiger partial charge >= 0.3 is 0 Å². The molecule has 4 rings (SSSR count). The highest BCUT2D eigenvalue weighted by Gasteiger charge is 2.23. The summed E-state index contributed by atoms with van der Waals surface area (Å²) in [5.74, 6) is 0.577. The van der Waals surface area contributed by atoms with Gasteiger partial charge in [0.2, 0.25) is 0 Å². The van der Waals surface area contributed by atoms with Crippen LogP contribution in [0.1, 0.15) is 21.6 Å². The molecule has 0 aliphatic carbocycles. The number of morpholine rings is 1. The monoisotopic (exact) mass is 445 g/mol. The van der Waals surface area contributed by atoms with E-state index in [4.69, 9.17) is 32.7 Å². The van der Waals surface area contributed by atoms with E-state index >= 15 is 0 Å². The second-order valence-electron chi connectivity index (χ2n) is 7.39. The molecule has 0 saturated carbocycles. The number of benzene rings is 2. The first-order chi connectivity index (χ1) is 14.5. The summed E-state index contributed by atoms with van der Waals surface area (Å²) in [6.45, 7) is 6.28. The van der Waals surface area contributed by atoms with E-state index < -0.39 is 0 Å². The summed E-state index contributed by atoms with van der Waals surface area (Å²) in [7, 11) is 1.65. The lowest BCUT2D eigenvalue weighted by Gasteiger charge is -2.26. The molecule has 5 nitrogen and oxygen atoms in total. The Hall–Kier alpha value is -2.05. The van der Waals surface area contributed by atoms with E-state index in [-0.39, 0.29) is 10.9 Å². The average Bonchev–Trinajstić information content (AvgIpc) is 3.04. The number of methoxy groups -OCH3 is 1. The van der Waals surface area contributed by atoms with Crippen molar-refractivity contribution in [2.75, 3.05) is 40.0 Å². The minimum Gasteiger partial charge on any atom is -0.497 e. The molecular formula is C23H24Cl2N2O3. The van der Waals surface area contributed by atoms with Crippen LogP contribution in [0.5, 0.6) is 5.75 Å². The van der Waals surface area contributed by atoms with Crippen LogP contribution in [-0.2, 0) is 11.2 Å². The molecule has 0 unspecified atom stereocenters. The molecule has 0 atom stereocenters. The Morgan fingerprint density at radius 2 is 1.93 bits per heavy atom. The molecule has 0 radical (unpaired) electrons. The van der Waals surface area contributed by atoms with E-state index in [0.29, 0.717) is 10.6 Å². The van der Waals surface area contributed by atoms with Crippen LogP contribution in [0.4, 0.5) is 0 Å². The minimum atomic E-state index is -0.187. The number of carbonyl (C=O) groups is 1. The fourth-order valence-corrected chi connectivity index (χ4v) is 4.43. The summed E-state index contributed by atoms with van der Waals surface area (Å²) in [4.78, 5) is 15.9. The van der Waals surface area contributed by atoms with Gasteiger partial charge in [-0.25, -0.2) is 0 Å². The highest BCUT2D eigenvalue weighted by molar-refractivity contribution is 6.44. The normalized spacial score (nSPS) is 14.9. The van der Waals surface area contributed by atoms with Crippen LogP contribution < -0.4 is 4.74 Å². The van der Waals surface area contributed by atoms with Crippen molar-refractivity contribution in [2.24, 2.45) is 0 Å². The number of fused-ring (bicyclic) bond motifs is 1. The van der Waals surface area contributed by atoms with Gasteiger partial charge in [-0.2, -0.15) is 0 Å². The summed E-state index contributed by atoms with van der Waals surface area (Å²) in [5.41, 5.74) is 3.28. The molecular weight excluding hydrogens is 422 g/mol. The number of hydrogen-bond acceptors (Lipinski definition) is 4. The Morgan fingerprint density at radius 3 is 2.67 bits per heavy atom. The summed E-state index contributed by atoms with van der Waals surface area (Å²) in [6.07, 6.45) is 0.832. The lowest BCUT2D eigenvalue weighted by atomic mass is 10.1. The topological polar surface area (TPSA) is 43.7 Å². The first-order valence-corrected chi connectivity index (χ1v) is 10.7. The summed E-state index contributed by atoms with van der Waals surface area (Å²) in [6, 6.07) is 10.9. The first kappa shape index (κ1) is 21.2. The Kier molecular flexibility index (Phi) is 6.34. The molecule has 7 heteroatoms. The maximum atomic E-state index is 13.5. The molecule has 0 spiro atoms. The fourth-order valence-electron chi connectivity index (χ4n) is 4.05. The van der Waals surface area contributed by atoms with Gasteiger partial charge in [-0.1, -0.05) is 29.3 Å². The van der Waals surface area contributed by atoms with Crippen LogP contribution in [0, 0.1) is 6.92 Å². The van der Waals surface area contributed by atoms with Gasteiger partial charge < -0.3 is 9.47 Å². The van der Waals surface area contributed by atoms with E-state index in [2.05, 4.69) is 4.90 Å². The summed E-state index contributed by atoms with van der Waals surface area (Å²) in [5, 5.41) is 1.66. The summed E-state index contributed by atoms with van der Waals surface area (Å²) < 4.78 is 12.6. The molecule has 1 aliphatic rings. The minimum absolute atomic E-state index is 0.187. The highest BCUT2D eigenvalue weighted by Crippen LogP contribution is 2.33. The van der Waals surface area contributed by atoms with Gasteiger partial charge in [0.1, 0.15) is 5.75 Å². The molecule has 0 N–H and O–H groups in total. The van der Waals surface area contributed by atoms with E-state index in [1.54, 1.807) is 29.9 Å². The van der Waals surface area contributed by atoms with Gasteiger partial charge in [0.05, 0.1) is 41.4 Å². The highest BCUT2D eigenvalue weighted by atomic mass is 35.5. The molecule has 2 aromatic carbocycles. The molecule has 0 amide bonds. The maximum absolute atomic E-state index is 13.5. The molecule has 2 heterocycles. The zero-order valence-electron chi connectivity index (χ0n) is 17.1. The van der Waals surface area contributed by atoms with Crippen molar-refractivity contribution >= 4 is 40.0 Å². The molecule has 1 saturated heterocycles. The third-order valence-corrected chi connectivity index (χ3v) is 6.53. The number of hydrogen-bond donors (Lipinski definition) is 0. The quantitative estimate of drug-likeness (QED) is 0.563. The van der Waals surface area contributed by atoms with Crippen LogP contribution in [-0.4, -0.2) is 55.3 Å². The van der Waals surface area contributed by atoms with Gasteiger partial charge in [-0.3, -0.25) is 14.3 Å². The van der Waals surface area contributed by atoms with Crippen molar-refractivity contribution in [1.29, 1.82) is 0 Å². The number of halogens is 2. The molecule has 158 valence electrons. The number of rotatable bonds is 5. The van der Waals surface area contributed by atoms with Crippen LogP contribution in [0.15, 0.2) is 36.4 Å². The Morgan fingerprint density at radius 1 is 1.17 bits per heavy atom. The van der Waals surface area contributed by atoms with Gasteiger partial charge in [0.15, 0.2) is 0 Å². The second kappa shape index (κ2) is 8.98. The third-order valence-electron chi connectivity index (χ3n) is 5.71. The number of carbonyl (C=O) groups excluding carboxylic acids is 1. The molecule has 0 bridgehead atoms. The van der Waals surface area contributed by atoms with Gasteiger partial charge in [-0.15, -0.1) is 0 Å². The predicted molar refractivity (Wildman–Crippen MR) is 120 cm³/mol. The van der Waals surface area contributed by atoms with Crippen LogP contribution in [0.3, 0.4) is 0 Å². The zero-order chi connectivity index (χ0) is 21.3. The van der Waals surface area contributed by atoms with Crippen molar-refractivity contribution in [1.82, 2.24) is 9.47 Å². The Labute approximate surface area is 186 Å². The number of nitrogens with zero attached hydrogens (tertiary/aromatic N) is 2. The first-order valence-electron chi connectivity index (χ1n) is 9.98. The fraction of sp³-hybridized carbons (Fsp3) is 0.348. The number of aromatic nitrogens is 1. The molecule has 3 aromatic rings. The van der Waals surface area contributed by atoms with Crippen molar-refractivity contribution in [2.45, 2.75) is 13.3 Å².